The number of halogens is 3. The molecular weight excluding hydrogens is 255 g/mol. The van der Waals surface area contributed by atoms with E-state index in [1.165, 1.54) is 18.4 Å². The van der Waals surface area contributed by atoms with Gasteiger partial charge in [0.1, 0.15) is 6.04 Å². The standard InChI is InChI=1S/C10H12F3NO2S/c1-14(6-7-3-2-4-17-7)8(5-9(15)16)10(11,12)13/h2-4,8H,5-6H2,1H3,(H,15,16). The van der Waals surface area contributed by atoms with Gasteiger partial charge in [0, 0.05) is 11.4 Å². The van der Waals surface area contributed by atoms with Gasteiger partial charge in [0.2, 0.25) is 0 Å². The van der Waals surface area contributed by atoms with Crippen LogP contribution < -0.4 is 0 Å². The van der Waals surface area contributed by atoms with Crippen LogP contribution in [0.4, 0.5) is 13.2 Å². The number of carboxylic acids is 1. The summed E-state index contributed by atoms with van der Waals surface area (Å²) >= 11 is 1.34. The van der Waals surface area contributed by atoms with E-state index in [0.717, 1.165) is 9.78 Å². The lowest BCUT2D eigenvalue weighted by Gasteiger charge is -2.28. The number of rotatable bonds is 5. The minimum absolute atomic E-state index is 0.0924. The van der Waals surface area contributed by atoms with Crippen molar-refractivity contribution in [1.29, 1.82) is 0 Å². The van der Waals surface area contributed by atoms with Crippen molar-refractivity contribution >= 4 is 17.3 Å². The Kier molecular flexibility index (Phi) is 4.53. The van der Waals surface area contributed by atoms with Crippen LogP contribution in [0, 0.1) is 0 Å². The van der Waals surface area contributed by atoms with Gasteiger partial charge in [0.05, 0.1) is 6.42 Å². The highest BCUT2D eigenvalue weighted by Crippen LogP contribution is 2.28. The molecule has 0 aliphatic heterocycles. The third-order valence-electron chi connectivity index (χ3n) is 2.26. The Morgan fingerprint density at radius 1 is 1.59 bits per heavy atom. The lowest BCUT2D eigenvalue weighted by molar-refractivity contribution is -0.188. The Balaban J connectivity index is 2.72. The summed E-state index contributed by atoms with van der Waals surface area (Å²) in [4.78, 5) is 12.2. The third kappa shape index (κ3) is 4.35. The van der Waals surface area contributed by atoms with Crippen LogP contribution in [0.15, 0.2) is 17.5 Å². The summed E-state index contributed by atoms with van der Waals surface area (Å²) in [7, 11) is 1.28. The summed E-state index contributed by atoms with van der Waals surface area (Å²) in [5.74, 6) is -1.45. The Morgan fingerprint density at radius 3 is 2.65 bits per heavy atom. The van der Waals surface area contributed by atoms with Crippen LogP contribution in [0.1, 0.15) is 11.3 Å². The molecule has 17 heavy (non-hydrogen) atoms. The van der Waals surface area contributed by atoms with E-state index < -0.39 is 24.6 Å². The molecule has 7 heteroatoms. The molecule has 0 amide bonds. The van der Waals surface area contributed by atoms with Crippen molar-refractivity contribution in [1.82, 2.24) is 4.90 Å². The van der Waals surface area contributed by atoms with E-state index in [9.17, 15) is 18.0 Å². The van der Waals surface area contributed by atoms with E-state index in [1.807, 2.05) is 0 Å². The van der Waals surface area contributed by atoms with E-state index in [2.05, 4.69) is 0 Å². The van der Waals surface area contributed by atoms with Crippen molar-refractivity contribution in [2.24, 2.45) is 0 Å². The van der Waals surface area contributed by atoms with Crippen LogP contribution in [-0.2, 0) is 11.3 Å². The molecule has 0 saturated carbocycles. The molecule has 1 unspecified atom stereocenters. The number of aliphatic carboxylic acids is 1. The largest absolute Gasteiger partial charge is 0.481 e. The first-order valence-electron chi connectivity index (χ1n) is 4.82. The number of thiophene rings is 1. The maximum absolute atomic E-state index is 12.7. The Labute approximate surface area is 100 Å². The van der Waals surface area contributed by atoms with Crippen LogP contribution >= 0.6 is 11.3 Å². The van der Waals surface area contributed by atoms with Gasteiger partial charge in [0.25, 0.3) is 0 Å². The molecule has 0 fully saturated rings. The molecule has 0 aliphatic carbocycles. The van der Waals surface area contributed by atoms with Gasteiger partial charge in [-0.1, -0.05) is 6.07 Å². The number of nitrogens with zero attached hydrogens (tertiary/aromatic N) is 1. The number of hydrogen-bond donors (Lipinski definition) is 1. The average Bonchev–Trinajstić information content (AvgIpc) is 2.64. The van der Waals surface area contributed by atoms with Crippen LogP contribution in [0.3, 0.4) is 0 Å². The quantitative estimate of drug-likeness (QED) is 0.891. The molecule has 1 rings (SSSR count). The number of carboxylic acid groups (broad SMARTS) is 1. The summed E-state index contributed by atoms with van der Waals surface area (Å²) in [6.45, 7) is 0.0924. The van der Waals surface area contributed by atoms with Gasteiger partial charge >= 0.3 is 12.1 Å². The second kappa shape index (κ2) is 5.50. The Bertz CT molecular complexity index is 364. The molecule has 1 N–H and O–H groups in total. The van der Waals surface area contributed by atoms with Gasteiger partial charge in [-0.15, -0.1) is 11.3 Å². The summed E-state index contributed by atoms with van der Waals surface area (Å²) in [6, 6.07) is 1.50. The van der Waals surface area contributed by atoms with Gasteiger partial charge in [0.15, 0.2) is 0 Å². The maximum atomic E-state index is 12.7. The first kappa shape index (κ1) is 14.0. The molecular formula is C10H12F3NO2S. The van der Waals surface area contributed by atoms with Crippen LogP contribution in [0.25, 0.3) is 0 Å². The number of hydrogen-bond acceptors (Lipinski definition) is 3. The van der Waals surface area contributed by atoms with E-state index in [1.54, 1.807) is 17.5 Å². The Morgan fingerprint density at radius 2 is 2.24 bits per heavy atom. The molecule has 3 nitrogen and oxygen atoms in total. The molecule has 0 bridgehead atoms. The van der Waals surface area contributed by atoms with Crippen molar-refractivity contribution in [3.05, 3.63) is 22.4 Å². The average molecular weight is 267 g/mol. The maximum Gasteiger partial charge on any atom is 0.404 e. The fraction of sp³-hybridized carbons (Fsp3) is 0.500. The van der Waals surface area contributed by atoms with Crippen molar-refractivity contribution in [2.75, 3.05) is 7.05 Å². The summed E-state index contributed by atoms with van der Waals surface area (Å²) in [5, 5.41) is 10.3. The topological polar surface area (TPSA) is 40.5 Å². The zero-order chi connectivity index (χ0) is 13.1. The first-order chi connectivity index (χ1) is 7.80. The van der Waals surface area contributed by atoms with Crippen LogP contribution in [0.5, 0.6) is 0 Å². The van der Waals surface area contributed by atoms with Gasteiger partial charge < -0.3 is 5.11 Å². The van der Waals surface area contributed by atoms with E-state index in [4.69, 9.17) is 5.11 Å². The number of alkyl halides is 3. The molecule has 1 aromatic rings. The van der Waals surface area contributed by atoms with E-state index in [0.29, 0.717) is 0 Å². The molecule has 0 radical (unpaired) electrons. The highest BCUT2D eigenvalue weighted by Gasteiger charge is 2.43. The normalized spacial score (nSPS) is 13.9. The highest BCUT2D eigenvalue weighted by molar-refractivity contribution is 7.09. The second-order valence-electron chi connectivity index (χ2n) is 3.65. The predicted octanol–water partition coefficient (Wildman–Crippen LogP) is 2.59. The SMILES string of the molecule is CN(Cc1cccs1)C(CC(=O)O)C(F)(F)F. The molecule has 1 heterocycles. The van der Waals surface area contributed by atoms with Crippen molar-refractivity contribution in [2.45, 2.75) is 25.2 Å². The van der Waals surface area contributed by atoms with Gasteiger partial charge in [-0.3, -0.25) is 9.69 Å². The molecule has 0 aromatic carbocycles. The van der Waals surface area contributed by atoms with E-state index >= 15 is 0 Å². The molecule has 1 atom stereocenters. The lowest BCUT2D eigenvalue weighted by Crippen LogP contribution is -2.44. The van der Waals surface area contributed by atoms with Crippen molar-refractivity contribution in [3.8, 4) is 0 Å². The first-order valence-corrected chi connectivity index (χ1v) is 5.70. The molecule has 1 aromatic heterocycles. The predicted molar refractivity (Wildman–Crippen MR) is 57.9 cm³/mol. The zero-order valence-corrected chi connectivity index (χ0v) is 9.88. The van der Waals surface area contributed by atoms with Crippen molar-refractivity contribution < 1.29 is 23.1 Å². The van der Waals surface area contributed by atoms with Crippen LogP contribution in [0.2, 0.25) is 0 Å². The fourth-order valence-electron chi connectivity index (χ4n) is 1.45. The van der Waals surface area contributed by atoms with Crippen molar-refractivity contribution in [3.63, 3.8) is 0 Å². The van der Waals surface area contributed by atoms with Gasteiger partial charge in [-0.2, -0.15) is 13.2 Å². The second-order valence-corrected chi connectivity index (χ2v) is 4.68. The minimum atomic E-state index is -4.54. The molecule has 96 valence electrons. The number of carbonyl (C=O) groups is 1. The summed E-state index contributed by atoms with van der Waals surface area (Å²) < 4.78 is 38.0. The lowest BCUT2D eigenvalue weighted by atomic mass is 10.1. The van der Waals surface area contributed by atoms with Crippen LogP contribution in [-0.4, -0.2) is 35.2 Å². The molecule has 0 saturated heterocycles. The Hall–Kier alpha value is -1.08. The zero-order valence-electron chi connectivity index (χ0n) is 9.07. The molecule has 0 spiro atoms. The van der Waals surface area contributed by atoms with E-state index in [-0.39, 0.29) is 6.54 Å². The minimum Gasteiger partial charge on any atom is -0.481 e. The fourth-order valence-corrected chi connectivity index (χ4v) is 2.21. The third-order valence-corrected chi connectivity index (χ3v) is 3.12. The van der Waals surface area contributed by atoms with Gasteiger partial charge in [-0.25, -0.2) is 0 Å². The monoisotopic (exact) mass is 267 g/mol. The molecule has 0 aliphatic rings. The smallest absolute Gasteiger partial charge is 0.404 e. The van der Waals surface area contributed by atoms with Gasteiger partial charge in [-0.05, 0) is 18.5 Å². The summed E-state index contributed by atoms with van der Waals surface area (Å²) in [6.07, 6.45) is -5.48. The summed E-state index contributed by atoms with van der Waals surface area (Å²) in [5.41, 5.74) is 0. The highest BCUT2D eigenvalue weighted by atomic mass is 32.1.